The smallest absolute Gasteiger partial charge is 0.0225 e. The topological polar surface area (TPSA) is 59.6 Å². The average Bonchev–Trinajstić information content (AvgIpc) is 1.91. The Labute approximate surface area is 43.1 Å². The van der Waals surface area contributed by atoms with Gasteiger partial charge < -0.3 is 16.8 Å². The highest BCUT2D eigenvalue weighted by Crippen LogP contribution is 2.04. The zero-order chi connectivity index (χ0) is 5.28. The molecule has 1 fully saturated rings. The minimum absolute atomic E-state index is 0.181. The maximum atomic E-state index is 7.09. The molecule has 0 aromatic rings. The van der Waals surface area contributed by atoms with Crippen LogP contribution in [0.25, 0.3) is 11.5 Å². The van der Waals surface area contributed by atoms with Crippen LogP contribution in [0.5, 0.6) is 0 Å². The van der Waals surface area contributed by atoms with E-state index in [9.17, 15) is 0 Å². The Kier molecular flexibility index (Phi) is 1.27. The fourth-order valence-corrected chi connectivity index (χ4v) is 0.679. The standard InChI is InChI=1S/C4H9N3/c5-3-1-7-2-4(3)6/h3-7H,1-2H2/q-2/t3-,4+. The first-order valence-electron chi connectivity index (χ1n) is 2.43. The van der Waals surface area contributed by atoms with E-state index in [0.717, 1.165) is 0 Å². The second-order valence-corrected chi connectivity index (χ2v) is 1.87. The van der Waals surface area contributed by atoms with Crippen molar-refractivity contribution >= 4 is 0 Å². The molecule has 3 nitrogen and oxygen atoms in total. The highest BCUT2D eigenvalue weighted by Gasteiger charge is 2.05. The van der Waals surface area contributed by atoms with Crippen molar-refractivity contribution in [2.24, 2.45) is 0 Å². The lowest BCUT2D eigenvalue weighted by Crippen LogP contribution is -2.13. The van der Waals surface area contributed by atoms with E-state index < -0.39 is 0 Å². The molecular formula is C4H9N3-2. The Morgan fingerprint density at radius 2 is 1.57 bits per heavy atom. The summed E-state index contributed by atoms with van der Waals surface area (Å²) in [5.41, 5.74) is 14.2. The summed E-state index contributed by atoms with van der Waals surface area (Å²) < 4.78 is 0. The van der Waals surface area contributed by atoms with Crippen molar-refractivity contribution in [3.63, 3.8) is 0 Å². The van der Waals surface area contributed by atoms with Crippen LogP contribution in [-0.4, -0.2) is 25.2 Å². The van der Waals surface area contributed by atoms with E-state index in [2.05, 4.69) is 5.32 Å². The quantitative estimate of drug-likeness (QED) is 0.470. The molecule has 0 spiro atoms. The lowest BCUT2D eigenvalue weighted by molar-refractivity contribution is 0.821. The largest absolute Gasteiger partial charge is 0.675 e. The van der Waals surface area contributed by atoms with Crippen LogP contribution in [0.15, 0.2) is 0 Å². The number of rotatable bonds is 0. The molecule has 0 bridgehead atoms. The van der Waals surface area contributed by atoms with E-state index in [-0.39, 0.29) is 12.1 Å². The molecule has 0 aliphatic carbocycles. The third kappa shape index (κ3) is 0.907. The fourth-order valence-electron chi connectivity index (χ4n) is 0.679. The highest BCUT2D eigenvalue weighted by molar-refractivity contribution is 5.00. The molecule has 1 aliphatic rings. The van der Waals surface area contributed by atoms with E-state index in [1.807, 2.05) is 0 Å². The van der Waals surface area contributed by atoms with Gasteiger partial charge in [-0.3, -0.25) is 0 Å². The van der Waals surface area contributed by atoms with Gasteiger partial charge in [-0.05, 0) is 13.1 Å². The van der Waals surface area contributed by atoms with Gasteiger partial charge in [0.2, 0.25) is 0 Å². The van der Waals surface area contributed by atoms with Gasteiger partial charge in [0, 0.05) is 0 Å². The van der Waals surface area contributed by atoms with E-state index in [1.54, 1.807) is 0 Å². The molecule has 2 atom stereocenters. The Balaban J connectivity index is 2.33. The van der Waals surface area contributed by atoms with Crippen LogP contribution in [0.3, 0.4) is 0 Å². The summed E-state index contributed by atoms with van der Waals surface area (Å²) in [6.45, 7) is 1.41. The van der Waals surface area contributed by atoms with Gasteiger partial charge in [-0.25, -0.2) is 0 Å². The first kappa shape index (κ1) is 5.03. The molecule has 3 N–H and O–H groups in total. The van der Waals surface area contributed by atoms with Crippen molar-refractivity contribution in [2.45, 2.75) is 12.1 Å². The first-order chi connectivity index (χ1) is 3.30. The van der Waals surface area contributed by atoms with Crippen LogP contribution in [0, 0.1) is 0 Å². The minimum Gasteiger partial charge on any atom is -0.675 e. The first-order valence-corrected chi connectivity index (χ1v) is 2.43. The van der Waals surface area contributed by atoms with E-state index in [0.29, 0.717) is 13.1 Å². The van der Waals surface area contributed by atoms with Crippen LogP contribution in [-0.2, 0) is 0 Å². The van der Waals surface area contributed by atoms with Crippen molar-refractivity contribution in [3.8, 4) is 0 Å². The summed E-state index contributed by atoms with van der Waals surface area (Å²) in [4.78, 5) is 0. The maximum Gasteiger partial charge on any atom is -0.0225 e. The number of hydrogen-bond acceptors (Lipinski definition) is 1. The van der Waals surface area contributed by atoms with E-state index >= 15 is 0 Å². The summed E-state index contributed by atoms with van der Waals surface area (Å²) in [6.07, 6.45) is 0. The number of nitrogens with one attached hydrogen (secondary N) is 3. The summed E-state index contributed by atoms with van der Waals surface area (Å²) in [6, 6.07) is -0.361. The van der Waals surface area contributed by atoms with Gasteiger partial charge >= 0.3 is 0 Å². The third-order valence-corrected chi connectivity index (χ3v) is 1.21. The third-order valence-electron chi connectivity index (χ3n) is 1.21. The zero-order valence-electron chi connectivity index (χ0n) is 4.07. The Hall–Kier alpha value is -0.120. The molecule has 1 heterocycles. The molecule has 0 radical (unpaired) electrons. The number of hydrogen-bond donors (Lipinski definition) is 1. The lowest BCUT2D eigenvalue weighted by atomic mass is 10.2. The molecule has 3 heteroatoms. The van der Waals surface area contributed by atoms with Crippen molar-refractivity contribution in [1.29, 1.82) is 0 Å². The molecule has 42 valence electrons. The van der Waals surface area contributed by atoms with Gasteiger partial charge in [0.25, 0.3) is 0 Å². The molecule has 0 unspecified atom stereocenters. The van der Waals surface area contributed by atoms with Gasteiger partial charge in [-0.15, -0.1) is 12.1 Å². The fraction of sp³-hybridized carbons (Fsp3) is 1.00. The monoisotopic (exact) mass is 99.1 g/mol. The van der Waals surface area contributed by atoms with Crippen LogP contribution >= 0.6 is 0 Å². The van der Waals surface area contributed by atoms with Crippen molar-refractivity contribution in [3.05, 3.63) is 11.5 Å². The minimum atomic E-state index is -0.181. The Morgan fingerprint density at radius 1 is 1.14 bits per heavy atom. The van der Waals surface area contributed by atoms with Gasteiger partial charge in [0.1, 0.15) is 0 Å². The summed E-state index contributed by atoms with van der Waals surface area (Å²) in [5.74, 6) is 0. The van der Waals surface area contributed by atoms with Gasteiger partial charge in [0.15, 0.2) is 0 Å². The Morgan fingerprint density at radius 3 is 1.71 bits per heavy atom. The normalized spacial score (nSPS) is 42.0. The van der Waals surface area contributed by atoms with Gasteiger partial charge in [-0.1, -0.05) is 0 Å². The zero-order valence-corrected chi connectivity index (χ0v) is 4.07. The molecule has 1 saturated heterocycles. The van der Waals surface area contributed by atoms with E-state index in [1.165, 1.54) is 0 Å². The molecule has 7 heavy (non-hydrogen) atoms. The van der Waals surface area contributed by atoms with Crippen LogP contribution in [0.4, 0.5) is 0 Å². The second-order valence-electron chi connectivity index (χ2n) is 1.87. The predicted octanol–water partition coefficient (Wildman–Crippen LogP) is 0.431. The predicted molar refractivity (Wildman–Crippen MR) is 29.1 cm³/mol. The highest BCUT2D eigenvalue weighted by atomic mass is 15.0. The second kappa shape index (κ2) is 1.78. The lowest BCUT2D eigenvalue weighted by Gasteiger charge is -2.23. The SMILES string of the molecule is [NH-][C@@H]1CNC[C@@H]1[NH-]. The van der Waals surface area contributed by atoms with E-state index in [4.69, 9.17) is 11.5 Å². The molecular weight excluding hydrogens is 90.1 g/mol. The molecule has 0 aromatic heterocycles. The summed E-state index contributed by atoms with van der Waals surface area (Å²) >= 11 is 0. The van der Waals surface area contributed by atoms with Crippen LogP contribution < -0.4 is 5.32 Å². The molecule has 0 amide bonds. The maximum absolute atomic E-state index is 7.09. The van der Waals surface area contributed by atoms with Crippen LogP contribution in [0.1, 0.15) is 0 Å². The van der Waals surface area contributed by atoms with Crippen molar-refractivity contribution in [2.75, 3.05) is 13.1 Å². The molecule has 0 aromatic carbocycles. The van der Waals surface area contributed by atoms with Gasteiger partial charge in [-0.2, -0.15) is 0 Å². The van der Waals surface area contributed by atoms with Crippen LogP contribution in [0.2, 0.25) is 0 Å². The van der Waals surface area contributed by atoms with Crippen molar-refractivity contribution in [1.82, 2.24) is 5.32 Å². The summed E-state index contributed by atoms with van der Waals surface area (Å²) in [7, 11) is 0. The molecule has 1 rings (SSSR count). The molecule has 0 saturated carbocycles. The Bertz CT molecular complexity index is 56.0. The van der Waals surface area contributed by atoms with Crippen molar-refractivity contribution < 1.29 is 0 Å². The summed E-state index contributed by atoms with van der Waals surface area (Å²) in [5, 5.41) is 2.95. The average molecular weight is 99.1 g/mol. The van der Waals surface area contributed by atoms with Gasteiger partial charge in [0.05, 0.1) is 0 Å². The molecule has 1 aliphatic heterocycles.